The standard InChI is InChI=1S/C20H20N4O3/c1-2-16(20(26)27)21-18(25)13-17-19(14-9-5-3-6-10-14)24(23-22-17)15-11-7-4-8-12-15/h3-12,16H,2,13H2,1H3,(H,21,25)(H,26,27). The zero-order valence-electron chi connectivity index (χ0n) is 14.9. The Bertz CT molecular complexity index is 923. The summed E-state index contributed by atoms with van der Waals surface area (Å²) in [5, 5.41) is 20.1. The van der Waals surface area contributed by atoms with Crippen LogP contribution in [0.5, 0.6) is 0 Å². The Morgan fingerprint density at radius 3 is 2.30 bits per heavy atom. The van der Waals surface area contributed by atoms with E-state index < -0.39 is 17.9 Å². The summed E-state index contributed by atoms with van der Waals surface area (Å²) in [7, 11) is 0. The van der Waals surface area contributed by atoms with E-state index in [0.29, 0.717) is 17.8 Å². The molecular weight excluding hydrogens is 344 g/mol. The first-order valence-corrected chi connectivity index (χ1v) is 8.67. The molecule has 0 saturated heterocycles. The van der Waals surface area contributed by atoms with Gasteiger partial charge in [-0.1, -0.05) is 60.7 Å². The molecule has 7 nitrogen and oxygen atoms in total. The summed E-state index contributed by atoms with van der Waals surface area (Å²) in [6.45, 7) is 1.71. The van der Waals surface area contributed by atoms with Crippen LogP contribution in [0.15, 0.2) is 60.7 Å². The average Bonchev–Trinajstić information content (AvgIpc) is 3.10. The summed E-state index contributed by atoms with van der Waals surface area (Å²) >= 11 is 0. The average molecular weight is 364 g/mol. The van der Waals surface area contributed by atoms with Crippen molar-refractivity contribution < 1.29 is 14.7 Å². The minimum atomic E-state index is -1.05. The van der Waals surface area contributed by atoms with Crippen molar-refractivity contribution >= 4 is 11.9 Å². The molecule has 1 heterocycles. The van der Waals surface area contributed by atoms with Gasteiger partial charge in [-0.05, 0) is 18.6 Å². The van der Waals surface area contributed by atoms with E-state index in [0.717, 1.165) is 11.3 Å². The van der Waals surface area contributed by atoms with Crippen molar-refractivity contribution in [3.63, 3.8) is 0 Å². The van der Waals surface area contributed by atoms with Gasteiger partial charge in [-0.15, -0.1) is 5.10 Å². The highest BCUT2D eigenvalue weighted by Gasteiger charge is 2.22. The molecule has 1 atom stereocenters. The molecule has 3 rings (SSSR count). The van der Waals surface area contributed by atoms with Crippen LogP contribution < -0.4 is 5.32 Å². The number of hydrogen-bond acceptors (Lipinski definition) is 4. The Kier molecular flexibility index (Phi) is 5.61. The number of carboxylic acids is 1. The van der Waals surface area contributed by atoms with Crippen LogP contribution in [0.2, 0.25) is 0 Å². The van der Waals surface area contributed by atoms with Crippen molar-refractivity contribution in [1.82, 2.24) is 20.3 Å². The van der Waals surface area contributed by atoms with E-state index in [1.165, 1.54) is 0 Å². The van der Waals surface area contributed by atoms with Crippen molar-refractivity contribution in [2.75, 3.05) is 0 Å². The summed E-state index contributed by atoms with van der Waals surface area (Å²) in [6.07, 6.45) is 0.254. The number of carbonyl (C=O) groups is 2. The van der Waals surface area contributed by atoms with E-state index in [1.807, 2.05) is 60.7 Å². The summed E-state index contributed by atoms with van der Waals surface area (Å²) in [5.41, 5.74) is 2.90. The van der Waals surface area contributed by atoms with Crippen LogP contribution in [0, 0.1) is 0 Å². The molecule has 0 aliphatic carbocycles. The quantitative estimate of drug-likeness (QED) is 0.671. The van der Waals surface area contributed by atoms with Crippen LogP contribution in [0.25, 0.3) is 16.9 Å². The predicted octanol–water partition coefficient (Wildman–Crippen LogP) is 2.46. The second-order valence-corrected chi connectivity index (χ2v) is 6.04. The lowest BCUT2D eigenvalue weighted by Gasteiger charge is -2.12. The van der Waals surface area contributed by atoms with Crippen LogP contribution in [-0.2, 0) is 16.0 Å². The topological polar surface area (TPSA) is 97.1 Å². The molecule has 1 unspecified atom stereocenters. The fourth-order valence-corrected chi connectivity index (χ4v) is 2.80. The number of benzene rings is 2. The summed E-state index contributed by atoms with van der Waals surface area (Å²) in [6, 6.07) is 18.2. The number of carboxylic acid groups (broad SMARTS) is 1. The SMILES string of the molecule is CCC(NC(=O)Cc1nnn(-c2ccccc2)c1-c1ccccc1)C(=O)O. The van der Waals surface area contributed by atoms with Gasteiger partial charge in [0.2, 0.25) is 5.91 Å². The van der Waals surface area contributed by atoms with Crippen LogP contribution in [0.3, 0.4) is 0 Å². The van der Waals surface area contributed by atoms with Gasteiger partial charge < -0.3 is 10.4 Å². The number of hydrogen-bond donors (Lipinski definition) is 2. The monoisotopic (exact) mass is 364 g/mol. The number of para-hydroxylation sites is 1. The summed E-state index contributed by atoms with van der Waals surface area (Å²) < 4.78 is 1.69. The number of amides is 1. The van der Waals surface area contributed by atoms with Crippen molar-refractivity contribution in [3.05, 3.63) is 66.4 Å². The Balaban J connectivity index is 1.95. The maximum absolute atomic E-state index is 12.4. The molecule has 1 amide bonds. The first kappa shape index (κ1) is 18.3. The van der Waals surface area contributed by atoms with Crippen molar-refractivity contribution in [3.8, 4) is 16.9 Å². The van der Waals surface area contributed by atoms with Crippen molar-refractivity contribution in [2.45, 2.75) is 25.8 Å². The van der Waals surface area contributed by atoms with E-state index >= 15 is 0 Å². The molecule has 7 heteroatoms. The number of nitrogens with one attached hydrogen (secondary N) is 1. The molecule has 2 aromatic carbocycles. The molecule has 27 heavy (non-hydrogen) atoms. The predicted molar refractivity (Wildman–Crippen MR) is 100 cm³/mol. The van der Waals surface area contributed by atoms with Crippen LogP contribution in [0.1, 0.15) is 19.0 Å². The van der Waals surface area contributed by atoms with E-state index in [4.69, 9.17) is 5.11 Å². The highest BCUT2D eigenvalue weighted by atomic mass is 16.4. The molecule has 3 aromatic rings. The summed E-state index contributed by atoms with van der Waals surface area (Å²) in [4.78, 5) is 23.5. The zero-order valence-corrected chi connectivity index (χ0v) is 14.9. The van der Waals surface area contributed by atoms with Crippen LogP contribution in [0.4, 0.5) is 0 Å². The molecule has 2 N–H and O–H groups in total. The molecule has 0 fully saturated rings. The Labute approximate surface area is 156 Å². The largest absolute Gasteiger partial charge is 0.480 e. The van der Waals surface area contributed by atoms with Crippen molar-refractivity contribution in [2.24, 2.45) is 0 Å². The Morgan fingerprint density at radius 2 is 1.70 bits per heavy atom. The van der Waals surface area contributed by atoms with E-state index in [1.54, 1.807) is 11.6 Å². The summed E-state index contributed by atoms with van der Waals surface area (Å²) in [5.74, 6) is -1.45. The minimum absolute atomic E-state index is 0.0547. The smallest absolute Gasteiger partial charge is 0.326 e. The lowest BCUT2D eigenvalue weighted by atomic mass is 10.1. The highest BCUT2D eigenvalue weighted by molar-refractivity contribution is 5.85. The van der Waals surface area contributed by atoms with Gasteiger partial charge >= 0.3 is 5.97 Å². The van der Waals surface area contributed by atoms with E-state index in [2.05, 4.69) is 15.6 Å². The molecule has 0 aliphatic rings. The van der Waals surface area contributed by atoms with Gasteiger partial charge in [-0.2, -0.15) is 0 Å². The molecule has 0 spiro atoms. The van der Waals surface area contributed by atoms with E-state index in [-0.39, 0.29) is 6.42 Å². The molecule has 1 aromatic heterocycles. The molecule has 0 aliphatic heterocycles. The van der Waals surface area contributed by atoms with Gasteiger partial charge in [-0.25, -0.2) is 9.48 Å². The lowest BCUT2D eigenvalue weighted by Crippen LogP contribution is -2.41. The van der Waals surface area contributed by atoms with Gasteiger partial charge in [-0.3, -0.25) is 4.79 Å². The molecule has 0 bridgehead atoms. The third-order valence-electron chi connectivity index (χ3n) is 4.16. The Morgan fingerprint density at radius 1 is 1.07 bits per heavy atom. The van der Waals surface area contributed by atoms with Gasteiger partial charge in [0.25, 0.3) is 0 Å². The normalized spacial score (nSPS) is 11.7. The molecule has 0 saturated carbocycles. The zero-order chi connectivity index (χ0) is 19.2. The van der Waals surface area contributed by atoms with Gasteiger partial charge in [0.05, 0.1) is 17.8 Å². The van der Waals surface area contributed by atoms with E-state index in [9.17, 15) is 9.59 Å². The second-order valence-electron chi connectivity index (χ2n) is 6.04. The van der Waals surface area contributed by atoms with Crippen LogP contribution >= 0.6 is 0 Å². The number of carbonyl (C=O) groups excluding carboxylic acids is 1. The first-order valence-electron chi connectivity index (χ1n) is 8.67. The second kappa shape index (κ2) is 8.27. The van der Waals surface area contributed by atoms with Crippen LogP contribution in [-0.4, -0.2) is 38.0 Å². The minimum Gasteiger partial charge on any atom is -0.480 e. The van der Waals surface area contributed by atoms with Crippen molar-refractivity contribution in [1.29, 1.82) is 0 Å². The van der Waals surface area contributed by atoms with Gasteiger partial charge in [0.1, 0.15) is 11.7 Å². The third-order valence-corrected chi connectivity index (χ3v) is 4.16. The molecule has 0 radical (unpaired) electrons. The number of nitrogens with zero attached hydrogens (tertiary/aromatic N) is 3. The fraction of sp³-hybridized carbons (Fsp3) is 0.200. The number of aliphatic carboxylic acids is 1. The Hall–Kier alpha value is -3.48. The number of rotatable bonds is 7. The maximum Gasteiger partial charge on any atom is 0.326 e. The molecule has 138 valence electrons. The maximum atomic E-state index is 12.4. The molecular formula is C20H20N4O3. The third kappa shape index (κ3) is 4.20. The van der Waals surface area contributed by atoms with Gasteiger partial charge in [0.15, 0.2) is 0 Å². The lowest BCUT2D eigenvalue weighted by molar-refractivity contribution is -0.141. The number of aromatic nitrogens is 3. The highest BCUT2D eigenvalue weighted by Crippen LogP contribution is 2.25. The fourth-order valence-electron chi connectivity index (χ4n) is 2.80. The first-order chi connectivity index (χ1) is 13.1. The van der Waals surface area contributed by atoms with Gasteiger partial charge in [0, 0.05) is 5.56 Å².